The Balaban J connectivity index is 1.80. The number of rotatable bonds is 6. The van der Waals surface area contributed by atoms with Gasteiger partial charge < -0.3 is 20.1 Å². The molecule has 1 amide bonds. The SMILES string of the molecule is CCOc1cc(CNc2cc(C(=O)NC)ccn2)c2c(c1)CC(C)O2. The van der Waals surface area contributed by atoms with Crippen LogP contribution in [0.4, 0.5) is 5.82 Å². The maximum atomic E-state index is 11.7. The number of carbonyl (C=O) groups excluding carboxylic acids is 1. The second-order valence-corrected chi connectivity index (χ2v) is 6.00. The van der Waals surface area contributed by atoms with Gasteiger partial charge in [0.2, 0.25) is 0 Å². The van der Waals surface area contributed by atoms with E-state index in [9.17, 15) is 4.79 Å². The number of amides is 1. The van der Waals surface area contributed by atoms with Crippen molar-refractivity contribution in [3.63, 3.8) is 0 Å². The number of pyridine rings is 1. The highest BCUT2D eigenvalue weighted by atomic mass is 16.5. The van der Waals surface area contributed by atoms with E-state index in [1.165, 1.54) is 5.56 Å². The minimum Gasteiger partial charge on any atom is -0.494 e. The molecule has 6 nitrogen and oxygen atoms in total. The van der Waals surface area contributed by atoms with Crippen molar-refractivity contribution < 1.29 is 14.3 Å². The monoisotopic (exact) mass is 341 g/mol. The second kappa shape index (κ2) is 7.42. The van der Waals surface area contributed by atoms with Crippen molar-refractivity contribution in [1.29, 1.82) is 0 Å². The van der Waals surface area contributed by atoms with Gasteiger partial charge in [0, 0.05) is 42.9 Å². The third kappa shape index (κ3) is 3.84. The molecule has 0 fully saturated rings. The molecule has 0 spiro atoms. The van der Waals surface area contributed by atoms with Crippen molar-refractivity contribution in [3.8, 4) is 11.5 Å². The van der Waals surface area contributed by atoms with Crippen LogP contribution in [0.1, 0.15) is 35.3 Å². The Morgan fingerprint density at radius 2 is 2.24 bits per heavy atom. The lowest BCUT2D eigenvalue weighted by atomic mass is 10.1. The van der Waals surface area contributed by atoms with E-state index in [1.54, 1.807) is 25.4 Å². The summed E-state index contributed by atoms with van der Waals surface area (Å²) in [4.78, 5) is 16.0. The molecule has 2 heterocycles. The quantitative estimate of drug-likeness (QED) is 0.845. The van der Waals surface area contributed by atoms with Gasteiger partial charge in [-0.1, -0.05) is 0 Å². The summed E-state index contributed by atoms with van der Waals surface area (Å²) in [7, 11) is 1.61. The third-order valence-electron chi connectivity index (χ3n) is 4.06. The number of fused-ring (bicyclic) bond motifs is 1. The molecule has 3 rings (SSSR count). The smallest absolute Gasteiger partial charge is 0.251 e. The molecule has 25 heavy (non-hydrogen) atoms. The third-order valence-corrected chi connectivity index (χ3v) is 4.06. The second-order valence-electron chi connectivity index (χ2n) is 6.00. The van der Waals surface area contributed by atoms with Crippen molar-refractivity contribution in [3.05, 3.63) is 47.2 Å². The molecule has 132 valence electrons. The summed E-state index contributed by atoms with van der Waals surface area (Å²) in [5, 5.41) is 5.88. The molecule has 0 saturated heterocycles. The van der Waals surface area contributed by atoms with E-state index in [0.29, 0.717) is 24.5 Å². The van der Waals surface area contributed by atoms with Crippen LogP contribution in [0.5, 0.6) is 11.5 Å². The first-order chi connectivity index (χ1) is 12.1. The zero-order chi connectivity index (χ0) is 17.8. The zero-order valence-corrected chi connectivity index (χ0v) is 14.8. The molecule has 1 unspecified atom stereocenters. The summed E-state index contributed by atoms with van der Waals surface area (Å²) >= 11 is 0. The normalized spacial score (nSPS) is 15.2. The molecule has 0 aliphatic carbocycles. The van der Waals surface area contributed by atoms with Crippen LogP contribution in [0.15, 0.2) is 30.5 Å². The standard InChI is InChI=1S/C19H23N3O3/c1-4-24-16-8-14-7-12(2)25-18(14)15(9-16)11-22-17-10-13(5-6-21-17)19(23)20-3/h5-6,8-10,12H,4,7,11H2,1-3H3,(H,20,23)(H,21,22). The van der Waals surface area contributed by atoms with E-state index in [4.69, 9.17) is 9.47 Å². The van der Waals surface area contributed by atoms with Crippen molar-refractivity contribution >= 4 is 11.7 Å². The lowest BCUT2D eigenvalue weighted by molar-refractivity contribution is 0.0963. The number of hydrogen-bond acceptors (Lipinski definition) is 5. The largest absolute Gasteiger partial charge is 0.494 e. The van der Waals surface area contributed by atoms with Crippen molar-refractivity contribution in [2.75, 3.05) is 19.0 Å². The minimum absolute atomic E-state index is 0.137. The van der Waals surface area contributed by atoms with Crippen LogP contribution in [0, 0.1) is 0 Å². The van der Waals surface area contributed by atoms with Gasteiger partial charge in [0.15, 0.2) is 0 Å². The lowest BCUT2D eigenvalue weighted by Crippen LogP contribution is -2.18. The Hall–Kier alpha value is -2.76. The minimum atomic E-state index is -0.137. The molecule has 6 heteroatoms. The summed E-state index contributed by atoms with van der Waals surface area (Å²) < 4.78 is 11.6. The maximum absolute atomic E-state index is 11.7. The molecule has 1 aromatic carbocycles. The van der Waals surface area contributed by atoms with Gasteiger partial charge in [0.25, 0.3) is 5.91 Å². The number of nitrogens with one attached hydrogen (secondary N) is 2. The highest BCUT2D eigenvalue weighted by molar-refractivity contribution is 5.94. The van der Waals surface area contributed by atoms with Crippen molar-refractivity contribution in [1.82, 2.24) is 10.3 Å². The van der Waals surface area contributed by atoms with E-state index >= 15 is 0 Å². The van der Waals surface area contributed by atoms with Crippen LogP contribution < -0.4 is 20.1 Å². The Bertz CT molecular complexity index is 777. The molecule has 0 bridgehead atoms. The number of aromatic nitrogens is 1. The number of hydrogen-bond donors (Lipinski definition) is 2. The van der Waals surface area contributed by atoms with E-state index in [2.05, 4.69) is 28.6 Å². The average molecular weight is 341 g/mol. The van der Waals surface area contributed by atoms with Gasteiger partial charge >= 0.3 is 0 Å². The lowest BCUT2D eigenvalue weighted by Gasteiger charge is -2.13. The Labute approximate surface area is 147 Å². The van der Waals surface area contributed by atoms with Gasteiger partial charge in [-0.3, -0.25) is 4.79 Å². The van der Waals surface area contributed by atoms with Gasteiger partial charge in [0.05, 0.1) is 6.61 Å². The number of benzene rings is 1. The maximum Gasteiger partial charge on any atom is 0.251 e. The predicted octanol–water partition coefficient (Wildman–Crippen LogP) is 2.78. The van der Waals surface area contributed by atoms with E-state index < -0.39 is 0 Å². The van der Waals surface area contributed by atoms with Gasteiger partial charge in [-0.2, -0.15) is 0 Å². The molecule has 2 aromatic rings. The molecule has 1 aliphatic rings. The molecule has 1 aliphatic heterocycles. The number of carbonyl (C=O) groups is 1. The van der Waals surface area contributed by atoms with Crippen LogP contribution in [-0.4, -0.2) is 30.6 Å². The predicted molar refractivity (Wildman–Crippen MR) is 96.4 cm³/mol. The molecular weight excluding hydrogens is 318 g/mol. The van der Waals surface area contributed by atoms with Gasteiger partial charge in [-0.05, 0) is 38.1 Å². The zero-order valence-electron chi connectivity index (χ0n) is 14.8. The summed E-state index contributed by atoms with van der Waals surface area (Å²) in [5.74, 6) is 2.28. The number of anilines is 1. The van der Waals surface area contributed by atoms with E-state index in [1.807, 2.05) is 13.0 Å². The van der Waals surface area contributed by atoms with Crippen molar-refractivity contribution in [2.24, 2.45) is 0 Å². The van der Waals surface area contributed by atoms with Gasteiger partial charge in [-0.15, -0.1) is 0 Å². The van der Waals surface area contributed by atoms with Crippen LogP contribution in [0.2, 0.25) is 0 Å². The summed E-state index contributed by atoms with van der Waals surface area (Å²) in [6.07, 6.45) is 2.67. The topological polar surface area (TPSA) is 72.5 Å². The fraction of sp³-hybridized carbons (Fsp3) is 0.368. The highest BCUT2D eigenvalue weighted by Crippen LogP contribution is 2.36. The summed E-state index contributed by atoms with van der Waals surface area (Å²) in [5.41, 5.74) is 2.76. The Morgan fingerprint density at radius 3 is 3.00 bits per heavy atom. The van der Waals surface area contributed by atoms with Crippen LogP contribution in [0.3, 0.4) is 0 Å². The fourth-order valence-electron chi connectivity index (χ4n) is 2.96. The average Bonchev–Trinajstić information content (AvgIpc) is 2.99. The molecule has 2 N–H and O–H groups in total. The summed E-state index contributed by atoms with van der Waals surface area (Å²) in [6, 6.07) is 7.46. The van der Waals surface area contributed by atoms with Crippen LogP contribution in [-0.2, 0) is 13.0 Å². The van der Waals surface area contributed by atoms with Gasteiger partial charge in [0.1, 0.15) is 23.4 Å². The first-order valence-electron chi connectivity index (χ1n) is 8.48. The van der Waals surface area contributed by atoms with Crippen molar-refractivity contribution in [2.45, 2.75) is 32.9 Å². The molecule has 1 aromatic heterocycles. The molecule has 1 atom stereocenters. The number of nitrogens with zero attached hydrogens (tertiary/aromatic N) is 1. The Kier molecular flexibility index (Phi) is 5.07. The van der Waals surface area contributed by atoms with E-state index in [0.717, 1.165) is 23.5 Å². The van der Waals surface area contributed by atoms with Gasteiger partial charge in [-0.25, -0.2) is 4.98 Å². The van der Waals surface area contributed by atoms with Crippen LogP contribution in [0.25, 0.3) is 0 Å². The van der Waals surface area contributed by atoms with Crippen LogP contribution >= 0.6 is 0 Å². The fourth-order valence-corrected chi connectivity index (χ4v) is 2.96. The van der Waals surface area contributed by atoms with E-state index in [-0.39, 0.29) is 12.0 Å². The highest BCUT2D eigenvalue weighted by Gasteiger charge is 2.23. The first kappa shape index (κ1) is 17.1. The molecule has 0 saturated carbocycles. The molecular formula is C19H23N3O3. The summed E-state index contributed by atoms with van der Waals surface area (Å²) in [6.45, 7) is 5.20. The molecule has 0 radical (unpaired) electrons. The first-order valence-corrected chi connectivity index (χ1v) is 8.48. The Morgan fingerprint density at radius 1 is 1.40 bits per heavy atom. The number of ether oxygens (including phenoxy) is 2.